The van der Waals surface area contributed by atoms with Crippen LogP contribution in [0.1, 0.15) is 35.2 Å². The lowest BCUT2D eigenvalue weighted by atomic mass is 9.93. The van der Waals surface area contributed by atoms with Gasteiger partial charge in [-0.1, -0.05) is 23.8 Å². The number of nitrogens with one attached hydrogen (secondary N) is 1. The molecule has 0 radical (unpaired) electrons. The van der Waals surface area contributed by atoms with Gasteiger partial charge in [0.1, 0.15) is 15.9 Å². The quantitative estimate of drug-likeness (QED) is 0.630. The zero-order chi connectivity index (χ0) is 21.1. The molecule has 2 heterocycles. The van der Waals surface area contributed by atoms with Crippen LogP contribution in [0, 0.1) is 12.8 Å². The third-order valence-corrected chi connectivity index (χ3v) is 7.62. The summed E-state index contributed by atoms with van der Waals surface area (Å²) >= 11 is 1.01. The minimum atomic E-state index is -3.63. The summed E-state index contributed by atoms with van der Waals surface area (Å²) in [6.45, 7) is 3.77. The van der Waals surface area contributed by atoms with Gasteiger partial charge in [0.25, 0.3) is 5.91 Å². The Kier molecular flexibility index (Phi) is 6.12. The van der Waals surface area contributed by atoms with Gasteiger partial charge in [0.2, 0.25) is 10.0 Å². The maximum Gasteiger partial charge on any atom is 0.253 e. The summed E-state index contributed by atoms with van der Waals surface area (Å²) in [5, 5.41) is 0. The number of carbonyl (C=O) groups excluding carboxylic acids is 1. The van der Waals surface area contributed by atoms with Crippen LogP contribution in [0.2, 0.25) is 0 Å². The highest BCUT2D eigenvalue weighted by Crippen LogP contribution is 2.23. The minimum absolute atomic E-state index is 0.0686. The molecular formula is C21H24N4O3S2. The minimum Gasteiger partial charge on any atom is -0.339 e. The lowest BCUT2D eigenvalue weighted by molar-refractivity contribution is 0.0687. The lowest BCUT2D eigenvalue weighted by Crippen LogP contribution is -2.39. The number of hydrogen-bond donors (Lipinski definition) is 1. The summed E-state index contributed by atoms with van der Waals surface area (Å²) in [5.41, 5.74) is 2.86. The van der Waals surface area contributed by atoms with E-state index in [0.29, 0.717) is 36.6 Å². The first-order chi connectivity index (χ1) is 14.4. The molecule has 1 saturated heterocycles. The van der Waals surface area contributed by atoms with Crippen molar-refractivity contribution in [1.29, 1.82) is 0 Å². The fourth-order valence-corrected chi connectivity index (χ4v) is 5.59. The zero-order valence-electron chi connectivity index (χ0n) is 16.7. The predicted octanol–water partition coefficient (Wildman–Crippen LogP) is 3.22. The molecule has 1 N–H and O–H groups in total. The largest absolute Gasteiger partial charge is 0.339 e. The van der Waals surface area contributed by atoms with Crippen molar-refractivity contribution in [2.24, 2.45) is 5.92 Å². The number of hydrogen-bond acceptors (Lipinski definition) is 6. The summed E-state index contributed by atoms with van der Waals surface area (Å²) in [7, 11) is -3.63. The number of fused-ring (bicyclic) bond motifs is 1. The molecule has 0 bridgehead atoms. The van der Waals surface area contributed by atoms with Crippen molar-refractivity contribution < 1.29 is 13.2 Å². The molecule has 9 heteroatoms. The molecule has 7 nitrogen and oxygen atoms in total. The van der Waals surface area contributed by atoms with Crippen LogP contribution in [0.4, 0.5) is 0 Å². The molecule has 1 amide bonds. The summed E-state index contributed by atoms with van der Waals surface area (Å²) in [6, 6.07) is 12.6. The maximum atomic E-state index is 12.7. The number of aromatic nitrogens is 2. The van der Waals surface area contributed by atoms with Crippen molar-refractivity contribution >= 4 is 38.7 Å². The fourth-order valence-electron chi connectivity index (χ4n) is 3.78. The Morgan fingerprint density at radius 2 is 1.87 bits per heavy atom. The summed E-state index contributed by atoms with van der Waals surface area (Å²) in [5.74, 6) is 0.464. The second kappa shape index (κ2) is 8.79. The van der Waals surface area contributed by atoms with E-state index in [2.05, 4.69) is 13.5 Å². The van der Waals surface area contributed by atoms with Gasteiger partial charge in [-0.25, -0.2) is 13.1 Å². The normalized spacial score (nSPS) is 15.6. The SMILES string of the molecule is Cc1ccc(C(=O)N2CCC(CCNS(=O)(=O)c3cccc4nsnc34)CC2)cc1. The maximum absolute atomic E-state index is 12.7. The number of amides is 1. The Morgan fingerprint density at radius 1 is 1.13 bits per heavy atom. The molecule has 1 aliphatic heterocycles. The van der Waals surface area contributed by atoms with E-state index in [0.717, 1.165) is 42.1 Å². The molecule has 0 aliphatic carbocycles. The number of benzene rings is 2. The van der Waals surface area contributed by atoms with Crippen molar-refractivity contribution in [2.75, 3.05) is 19.6 Å². The molecule has 0 saturated carbocycles. The molecule has 30 heavy (non-hydrogen) atoms. The lowest BCUT2D eigenvalue weighted by Gasteiger charge is -2.32. The number of piperidine rings is 1. The summed E-state index contributed by atoms with van der Waals surface area (Å²) in [4.78, 5) is 14.7. The first-order valence-corrected chi connectivity index (χ1v) is 12.2. The van der Waals surface area contributed by atoms with Crippen LogP contribution >= 0.6 is 11.7 Å². The predicted molar refractivity (Wildman–Crippen MR) is 117 cm³/mol. The molecule has 4 rings (SSSR count). The number of nitrogens with zero attached hydrogens (tertiary/aromatic N) is 3. The van der Waals surface area contributed by atoms with Gasteiger partial charge in [0.05, 0.1) is 11.7 Å². The number of aryl methyl sites for hydroxylation is 1. The van der Waals surface area contributed by atoms with E-state index in [1.807, 2.05) is 36.1 Å². The highest BCUT2D eigenvalue weighted by molar-refractivity contribution is 7.89. The van der Waals surface area contributed by atoms with Gasteiger partial charge in [-0.2, -0.15) is 8.75 Å². The fraction of sp³-hybridized carbons (Fsp3) is 0.381. The van der Waals surface area contributed by atoms with Gasteiger partial charge >= 0.3 is 0 Å². The van der Waals surface area contributed by atoms with Crippen LogP contribution in [0.5, 0.6) is 0 Å². The highest BCUT2D eigenvalue weighted by atomic mass is 32.2. The van der Waals surface area contributed by atoms with Crippen molar-refractivity contribution in [3.05, 3.63) is 53.6 Å². The van der Waals surface area contributed by atoms with Gasteiger partial charge in [-0.3, -0.25) is 4.79 Å². The average molecular weight is 445 g/mol. The topological polar surface area (TPSA) is 92.3 Å². The average Bonchev–Trinajstić information content (AvgIpc) is 3.23. The highest BCUT2D eigenvalue weighted by Gasteiger charge is 2.24. The first kappa shape index (κ1) is 20.9. The van der Waals surface area contributed by atoms with Gasteiger partial charge in [0.15, 0.2) is 0 Å². The zero-order valence-corrected chi connectivity index (χ0v) is 18.4. The summed E-state index contributed by atoms with van der Waals surface area (Å²) < 4.78 is 36.3. The van der Waals surface area contributed by atoms with Crippen molar-refractivity contribution in [2.45, 2.75) is 31.1 Å². The Balaban J connectivity index is 1.28. The Labute approximate surface area is 180 Å². The van der Waals surface area contributed by atoms with Crippen molar-refractivity contribution in [3.8, 4) is 0 Å². The molecule has 3 aromatic rings. The number of likely N-dealkylation sites (tertiary alicyclic amines) is 1. The van der Waals surface area contributed by atoms with E-state index in [1.165, 1.54) is 0 Å². The van der Waals surface area contributed by atoms with Crippen LogP contribution in [-0.2, 0) is 10.0 Å². The molecule has 0 unspecified atom stereocenters. The van der Waals surface area contributed by atoms with Crippen LogP contribution in [0.25, 0.3) is 11.0 Å². The van der Waals surface area contributed by atoms with E-state index in [9.17, 15) is 13.2 Å². The number of rotatable bonds is 6. The molecule has 1 aliphatic rings. The van der Waals surface area contributed by atoms with E-state index < -0.39 is 10.0 Å². The second-order valence-electron chi connectivity index (χ2n) is 7.68. The first-order valence-electron chi connectivity index (χ1n) is 10.0. The van der Waals surface area contributed by atoms with Gasteiger partial charge < -0.3 is 4.90 Å². The molecule has 0 atom stereocenters. The van der Waals surface area contributed by atoms with E-state index in [4.69, 9.17) is 0 Å². The Bertz CT molecular complexity index is 1130. The van der Waals surface area contributed by atoms with Gasteiger partial charge in [-0.05, 0) is 56.4 Å². The van der Waals surface area contributed by atoms with E-state index >= 15 is 0 Å². The Hall–Kier alpha value is -2.36. The van der Waals surface area contributed by atoms with Crippen molar-refractivity contribution in [3.63, 3.8) is 0 Å². The van der Waals surface area contributed by atoms with E-state index in [1.54, 1.807) is 18.2 Å². The second-order valence-corrected chi connectivity index (χ2v) is 9.94. The smallest absolute Gasteiger partial charge is 0.253 e. The molecule has 2 aromatic carbocycles. The molecule has 1 fully saturated rings. The molecule has 0 spiro atoms. The number of sulfonamides is 1. The third kappa shape index (κ3) is 4.53. The van der Waals surface area contributed by atoms with Crippen LogP contribution in [0.3, 0.4) is 0 Å². The third-order valence-electron chi connectivity index (χ3n) is 5.58. The van der Waals surface area contributed by atoms with Crippen LogP contribution < -0.4 is 4.72 Å². The molecule has 158 valence electrons. The van der Waals surface area contributed by atoms with Gasteiger partial charge in [0, 0.05) is 25.2 Å². The molecule has 1 aromatic heterocycles. The van der Waals surface area contributed by atoms with Gasteiger partial charge in [-0.15, -0.1) is 0 Å². The van der Waals surface area contributed by atoms with Crippen LogP contribution in [-0.4, -0.2) is 47.6 Å². The van der Waals surface area contributed by atoms with Crippen LogP contribution in [0.15, 0.2) is 47.4 Å². The van der Waals surface area contributed by atoms with Crippen molar-refractivity contribution in [1.82, 2.24) is 18.4 Å². The number of carbonyl (C=O) groups is 1. The van der Waals surface area contributed by atoms with E-state index in [-0.39, 0.29) is 10.8 Å². The Morgan fingerprint density at radius 3 is 2.60 bits per heavy atom. The molecular weight excluding hydrogens is 420 g/mol. The monoisotopic (exact) mass is 444 g/mol. The summed E-state index contributed by atoms with van der Waals surface area (Å²) in [6.07, 6.45) is 2.51. The standard InChI is InChI=1S/C21H24N4O3S2/c1-15-5-7-17(8-6-15)21(26)25-13-10-16(11-14-25)9-12-22-30(27,28)19-4-2-3-18-20(19)24-29-23-18/h2-8,16,22H,9-14H2,1H3.